The zero-order valence-corrected chi connectivity index (χ0v) is 19.1. The van der Waals surface area contributed by atoms with Crippen LogP contribution in [0.15, 0.2) is 4.99 Å². The Labute approximate surface area is 175 Å². The number of nitrogens with zero attached hydrogens (tertiary/aromatic N) is 2. The third kappa shape index (κ3) is 9.91. The van der Waals surface area contributed by atoms with Crippen molar-refractivity contribution < 1.29 is 14.3 Å². The second-order valence-electron chi connectivity index (χ2n) is 6.88. The fraction of sp³-hybridized carbons (Fsp3) is 0.889. The number of methoxy groups -OCH3 is 1. The molecule has 1 amide bonds. The zero-order chi connectivity index (χ0) is 18.5. The van der Waals surface area contributed by atoms with E-state index < -0.39 is 0 Å². The third-order valence-electron chi connectivity index (χ3n) is 4.71. The van der Waals surface area contributed by atoms with Gasteiger partial charge in [0.15, 0.2) is 5.96 Å². The molecule has 0 aromatic carbocycles. The van der Waals surface area contributed by atoms with E-state index >= 15 is 0 Å². The maximum absolute atomic E-state index is 11.8. The standard InChI is InChI=1S/C18H36N4O3.HI/c1-5-25-12-7-11-19-17(20-14-16(23)22(2)3)21-15-18(8-6-9-18)10-13-24-4;/h5-15H2,1-4H3,(H2,19,20,21);1H. The summed E-state index contributed by atoms with van der Waals surface area (Å²) in [5.41, 5.74) is 0.301. The van der Waals surface area contributed by atoms with Gasteiger partial charge in [-0.3, -0.25) is 4.79 Å². The predicted molar refractivity (Wildman–Crippen MR) is 116 cm³/mol. The van der Waals surface area contributed by atoms with Crippen molar-refractivity contribution in [3.05, 3.63) is 0 Å². The minimum absolute atomic E-state index is 0. The molecule has 1 saturated carbocycles. The Hall–Kier alpha value is -0.610. The van der Waals surface area contributed by atoms with Crippen molar-refractivity contribution >= 4 is 35.8 Å². The topological polar surface area (TPSA) is 75.2 Å². The van der Waals surface area contributed by atoms with Gasteiger partial charge in [-0.2, -0.15) is 0 Å². The van der Waals surface area contributed by atoms with Gasteiger partial charge in [-0.1, -0.05) is 6.42 Å². The van der Waals surface area contributed by atoms with E-state index in [0.717, 1.165) is 45.8 Å². The summed E-state index contributed by atoms with van der Waals surface area (Å²) >= 11 is 0. The van der Waals surface area contributed by atoms with Gasteiger partial charge in [0.05, 0.1) is 0 Å². The van der Waals surface area contributed by atoms with Crippen LogP contribution >= 0.6 is 24.0 Å². The van der Waals surface area contributed by atoms with E-state index in [1.54, 1.807) is 26.1 Å². The smallest absolute Gasteiger partial charge is 0.243 e. The second kappa shape index (κ2) is 14.4. The van der Waals surface area contributed by atoms with Crippen molar-refractivity contribution in [2.45, 2.75) is 39.0 Å². The number of aliphatic imine (C=N–C) groups is 1. The van der Waals surface area contributed by atoms with Gasteiger partial charge >= 0.3 is 0 Å². The molecule has 0 aromatic rings. The molecule has 0 unspecified atom stereocenters. The average Bonchev–Trinajstić information content (AvgIpc) is 2.56. The summed E-state index contributed by atoms with van der Waals surface area (Å²) in [6.45, 7) is 6.03. The SMILES string of the molecule is CCOCCCNC(=NCC(=O)N(C)C)NCC1(CCOC)CCC1.I. The number of carbonyl (C=O) groups is 1. The summed E-state index contributed by atoms with van der Waals surface area (Å²) in [5, 5.41) is 6.74. The molecule has 154 valence electrons. The van der Waals surface area contributed by atoms with Crippen LogP contribution in [0.3, 0.4) is 0 Å². The van der Waals surface area contributed by atoms with Gasteiger partial charge in [0, 0.05) is 54.1 Å². The molecule has 26 heavy (non-hydrogen) atoms. The lowest BCUT2D eigenvalue weighted by Crippen LogP contribution is -2.47. The largest absolute Gasteiger partial charge is 0.385 e. The predicted octanol–water partition coefficient (Wildman–Crippen LogP) is 1.86. The first kappa shape index (κ1) is 25.4. The number of hydrogen-bond acceptors (Lipinski definition) is 4. The summed E-state index contributed by atoms with van der Waals surface area (Å²) in [6.07, 6.45) is 5.68. The number of nitrogens with one attached hydrogen (secondary N) is 2. The van der Waals surface area contributed by atoms with Crippen LogP contribution in [-0.2, 0) is 14.3 Å². The molecule has 0 aliphatic heterocycles. The minimum atomic E-state index is -0.00634. The number of hydrogen-bond donors (Lipinski definition) is 2. The molecule has 0 radical (unpaired) electrons. The quantitative estimate of drug-likeness (QED) is 0.192. The van der Waals surface area contributed by atoms with Crippen LogP contribution in [0.4, 0.5) is 0 Å². The van der Waals surface area contributed by atoms with Crippen LogP contribution in [0.2, 0.25) is 0 Å². The van der Waals surface area contributed by atoms with Crippen LogP contribution in [0.5, 0.6) is 0 Å². The van der Waals surface area contributed by atoms with Gasteiger partial charge in [-0.15, -0.1) is 24.0 Å². The van der Waals surface area contributed by atoms with E-state index in [1.165, 1.54) is 19.3 Å². The molecule has 0 heterocycles. The van der Waals surface area contributed by atoms with Crippen LogP contribution in [0.1, 0.15) is 39.0 Å². The molecule has 0 bridgehead atoms. The fourth-order valence-electron chi connectivity index (χ4n) is 2.77. The molecule has 7 nitrogen and oxygen atoms in total. The highest BCUT2D eigenvalue weighted by molar-refractivity contribution is 14.0. The fourth-order valence-corrected chi connectivity index (χ4v) is 2.77. The van der Waals surface area contributed by atoms with Crippen molar-refractivity contribution in [2.24, 2.45) is 10.4 Å². The van der Waals surface area contributed by atoms with Gasteiger partial charge in [0.1, 0.15) is 6.54 Å². The Morgan fingerprint density at radius 2 is 1.96 bits per heavy atom. The van der Waals surface area contributed by atoms with Crippen LogP contribution in [0.25, 0.3) is 0 Å². The van der Waals surface area contributed by atoms with Gasteiger partial charge in [-0.25, -0.2) is 4.99 Å². The lowest BCUT2D eigenvalue weighted by molar-refractivity contribution is -0.127. The number of likely N-dealkylation sites (N-methyl/N-ethyl adjacent to an activating group) is 1. The first-order chi connectivity index (χ1) is 12.0. The van der Waals surface area contributed by atoms with Crippen LogP contribution in [0, 0.1) is 5.41 Å². The number of amides is 1. The summed E-state index contributed by atoms with van der Waals surface area (Å²) in [7, 11) is 5.24. The Kier molecular flexibility index (Phi) is 14.1. The summed E-state index contributed by atoms with van der Waals surface area (Å²) in [4.78, 5) is 17.8. The lowest BCUT2D eigenvalue weighted by atomic mass is 9.67. The van der Waals surface area contributed by atoms with Crippen LogP contribution in [-0.4, -0.2) is 77.4 Å². The molecule has 8 heteroatoms. The van der Waals surface area contributed by atoms with Gasteiger partial charge < -0.3 is 25.0 Å². The van der Waals surface area contributed by atoms with E-state index in [-0.39, 0.29) is 36.4 Å². The zero-order valence-electron chi connectivity index (χ0n) is 16.8. The number of carbonyl (C=O) groups excluding carboxylic acids is 1. The monoisotopic (exact) mass is 484 g/mol. The number of ether oxygens (including phenoxy) is 2. The third-order valence-corrected chi connectivity index (χ3v) is 4.71. The van der Waals surface area contributed by atoms with Gasteiger partial charge in [0.25, 0.3) is 0 Å². The maximum Gasteiger partial charge on any atom is 0.243 e. The number of rotatable bonds is 12. The van der Waals surface area contributed by atoms with Gasteiger partial charge in [-0.05, 0) is 38.0 Å². The average molecular weight is 484 g/mol. The summed E-state index contributed by atoms with van der Waals surface area (Å²) in [5.74, 6) is 0.698. The minimum Gasteiger partial charge on any atom is -0.385 e. The van der Waals surface area contributed by atoms with Crippen molar-refractivity contribution in [3.8, 4) is 0 Å². The Morgan fingerprint density at radius 3 is 2.50 bits per heavy atom. The molecule has 0 spiro atoms. The molecular formula is C18H37IN4O3. The Morgan fingerprint density at radius 1 is 1.23 bits per heavy atom. The summed E-state index contributed by atoms with van der Waals surface area (Å²) in [6, 6.07) is 0. The molecule has 1 aliphatic carbocycles. The molecule has 0 aromatic heterocycles. The first-order valence-electron chi connectivity index (χ1n) is 9.32. The van der Waals surface area contributed by atoms with Crippen molar-refractivity contribution in [3.63, 3.8) is 0 Å². The molecule has 1 aliphatic rings. The van der Waals surface area contributed by atoms with Crippen LogP contribution < -0.4 is 10.6 Å². The van der Waals surface area contributed by atoms with Crippen molar-refractivity contribution in [2.75, 3.05) is 60.7 Å². The maximum atomic E-state index is 11.8. The van der Waals surface area contributed by atoms with E-state index in [2.05, 4.69) is 15.6 Å². The van der Waals surface area contributed by atoms with Crippen molar-refractivity contribution in [1.82, 2.24) is 15.5 Å². The Bertz CT molecular complexity index is 415. The normalized spacial score (nSPS) is 15.6. The highest BCUT2D eigenvalue weighted by Gasteiger charge is 2.36. The summed E-state index contributed by atoms with van der Waals surface area (Å²) < 4.78 is 10.6. The molecular weight excluding hydrogens is 447 g/mol. The molecule has 2 N–H and O–H groups in total. The van der Waals surface area contributed by atoms with E-state index in [0.29, 0.717) is 11.4 Å². The second-order valence-corrected chi connectivity index (χ2v) is 6.88. The number of halogens is 1. The van der Waals surface area contributed by atoms with Gasteiger partial charge in [0.2, 0.25) is 5.91 Å². The molecule has 1 rings (SSSR count). The molecule has 0 atom stereocenters. The highest BCUT2D eigenvalue weighted by Crippen LogP contribution is 2.43. The number of guanidine groups is 1. The highest BCUT2D eigenvalue weighted by atomic mass is 127. The lowest BCUT2D eigenvalue weighted by Gasteiger charge is -2.42. The first-order valence-corrected chi connectivity index (χ1v) is 9.32. The Balaban J connectivity index is 0.00000625. The van der Waals surface area contributed by atoms with E-state index in [1.807, 2.05) is 6.92 Å². The molecule has 1 fully saturated rings. The van der Waals surface area contributed by atoms with Crippen molar-refractivity contribution in [1.29, 1.82) is 0 Å². The molecule has 0 saturated heterocycles. The van der Waals surface area contributed by atoms with E-state index in [4.69, 9.17) is 9.47 Å². The van der Waals surface area contributed by atoms with E-state index in [9.17, 15) is 4.79 Å².